The zero-order valence-corrected chi connectivity index (χ0v) is 11.2. The van der Waals surface area contributed by atoms with Crippen molar-refractivity contribution >= 4 is 0 Å². The summed E-state index contributed by atoms with van der Waals surface area (Å²) >= 11 is 0. The first-order valence-electron chi connectivity index (χ1n) is 6.62. The molecule has 88 valence electrons. The molecule has 0 fully saturated rings. The van der Waals surface area contributed by atoms with Crippen LogP contribution in [0.2, 0.25) is 0 Å². The van der Waals surface area contributed by atoms with E-state index in [1.807, 2.05) is 0 Å². The van der Waals surface area contributed by atoms with Gasteiger partial charge in [-0.25, -0.2) is 0 Å². The van der Waals surface area contributed by atoms with Gasteiger partial charge in [-0.2, -0.15) is 0 Å². The summed E-state index contributed by atoms with van der Waals surface area (Å²) in [7, 11) is 0. The predicted octanol–water partition coefficient (Wildman–Crippen LogP) is 5.18. The molecule has 0 radical (unpaired) electrons. The molecule has 0 saturated heterocycles. The smallest absolute Gasteiger partial charge is 0.0258 e. The first kappa shape index (κ1) is 14.6. The predicted molar refractivity (Wildman–Crippen MR) is 69.8 cm³/mol. The van der Waals surface area contributed by atoms with E-state index in [0.717, 1.165) is 6.42 Å². The quantitative estimate of drug-likeness (QED) is 0.399. The maximum absolute atomic E-state index is 3.42. The van der Waals surface area contributed by atoms with Gasteiger partial charge in [0, 0.05) is 11.8 Å². The molecule has 0 aromatic heterocycles. The van der Waals surface area contributed by atoms with E-state index in [-0.39, 0.29) is 5.41 Å². The Morgan fingerprint density at radius 3 is 2.13 bits per heavy atom. The molecule has 0 bridgehead atoms. The molecule has 0 heterocycles. The lowest BCUT2D eigenvalue weighted by Gasteiger charge is -2.16. The van der Waals surface area contributed by atoms with E-state index in [0.29, 0.717) is 0 Å². The summed E-state index contributed by atoms with van der Waals surface area (Å²) in [4.78, 5) is 0. The molecule has 0 aromatic carbocycles. The lowest BCUT2D eigenvalue weighted by molar-refractivity contribution is 0.437. The molecule has 0 rings (SSSR count). The lowest BCUT2D eigenvalue weighted by Crippen LogP contribution is -2.07. The van der Waals surface area contributed by atoms with Gasteiger partial charge < -0.3 is 0 Å². The van der Waals surface area contributed by atoms with Gasteiger partial charge in [0.25, 0.3) is 0 Å². The van der Waals surface area contributed by atoms with E-state index < -0.39 is 0 Å². The zero-order chi connectivity index (χ0) is 11.6. The Morgan fingerprint density at radius 2 is 1.53 bits per heavy atom. The maximum Gasteiger partial charge on any atom is 0.0258 e. The van der Waals surface area contributed by atoms with Gasteiger partial charge >= 0.3 is 0 Å². The molecule has 0 aliphatic rings. The first-order chi connectivity index (χ1) is 7.12. The van der Waals surface area contributed by atoms with Gasteiger partial charge in [-0.3, -0.25) is 0 Å². The van der Waals surface area contributed by atoms with Crippen LogP contribution < -0.4 is 0 Å². The summed E-state index contributed by atoms with van der Waals surface area (Å²) in [6.45, 7) is 9.03. The minimum Gasteiger partial charge on any atom is -0.103 e. The molecule has 0 atom stereocenters. The molecule has 0 aliphatic heterocycles. The van der Waals surface area contributed by atoms with E-state index in [1.54, 1.807) is 0 Å². The maximum atomic E-state index is 3.42. The molecule has 0 aromatic rings. The van der Waals surface area contributed by atoms with Crippen molar-refractivity contribution in [3.8, 4) is 11.8 Å². The summed E-state index contributed by atoms with van der Waals surface area (Å²) in [5.41, 5.74) is 0.237. The fourth-order valence-corrected chi connectivity index (χ4v) is 1.62. The Kier molecular flexibility index (Phi) is 8.58. The van der Waals surface area contributed by atoms with Gasteiger partial charge in [0.2, 0.25) is 0 Å². The van der Waals surface area contributed by atoms with Crippen LogP contribution in [0, 0.1) is 17.3 Å². The van der Waals surface area contributed by atoms with Crippen molar-refractivity contribution in [1.29, 1.82) is 0 Å². The van der Waals surface area contributed by atoms with Gasteiger partial charge in [0.05, 0.1) is 0 Å². The Balaban J connectivity index is 3.63. The second kappa shape index (κ2) is 8.84. The second-order valence-corrected chi connectivity index (χ2v) is 5.10. The molecule has 15 heavy (non-hydrogen) atoms. The summed E-state index contributed by atoms with van der Waals surface area (Å²) in [6, 6.07) is 0. The summed E-state index contributed by atoms with van der Waals surface area (Å²) in [6.07, 6.45) is 10.2. The van der Waals surface area contributed by atoms with Crippen molar-refractivity contribution in [3.05, 3.63) is 0 Å². The monoisotopic (exact) mass is 208 g/mol. The van der Waals surface area contributed by atoms with Crippen molar-refractivity contribution in [2.45, 2.75) is 79.1 Å². The van der Waals surface area contributed by atoms with E-state index in [9.17, 15) is 0 Å². The third kappa shape index (κ3) is 9.85. The van der Waals surface area contributed by atoms with Crippen LogP contribution >= 0.6 is 0 Å². The van der Waals surface area contributed by atoms with E-state index in [2.05, 4.69) is 39.5 Å². The zero-order valence-electron chi connectivity index (χ0n) is 11.2. The highest BCUT2D eigenvalue weighted by molar-refractivity contribution is 5.08. The normalized spacial score (nSPS) is 10.9. The van der Waals surface area contributed by atoms with Gasteiger partial charge in [-0.1, -0.05) is 51.9 Å². The number of unbranched alkanes of at least 4 members (excludes halogenated alkanes) is 5. The van der Waals surface area contributed by atoms with Crippen molar-refractivity contribution in [2.75, 3.05) is 0 Å². The minimum atomic E-state index is 0.237. The Bertz CT molecular complexity index is 190. The highest BCUT2D eigenvalue weighted by Crippen LogP contribution is 2.21. The molecule has 0 nitrogen and oxygen atoms in total. The lowest BCUT2D eigenvalue weighted by atomic mass is 9.88. The molecule has 0 aliphatic carbocycles. The molecule has 0 heteroatoms. The molecule has 0 N–H and O–H groups in total. The van der Waals surface area contributed by atoms with Crippen LogP contribution in [0.3, 0.4) is 0 Å². The van der Waals surface area contributed by atoms with Crippen LogP contribution in [-0.4, -0.2) is 0 Å². The standard InChI is InChI=1S/C15H28/c1-5-7-9-10-11-12-14-15(3,4)13-8-6-2/h5-11,13H2,1-4H3. The van der Waals surface area contributed by atoms with Crippen LogP contribution in [0.1, 0.15) is 79.1 Å². The summed E-state index contributed by atoms with van der Waals surface area (Å²) in [5.74, 6) is 6.76. The molecular formula is C15H28. The summed E-state index contributed by atoms with van der Waals surface area (Å²) in [5, 5.41) is 0. The largest absolute Gasteiger partial charge is 0.103 e. The first-order valence-corrected chi connectivity index (χ1v) is 6.62. The number of hydrogen-bond donors (Lipinski definition) is 0. The van der Waals surface area contributed by atoms with Gasteiger partial charge in [-0.05, 0) is 26.7 Å². The van der Waals surface area contributed by atoms with Crippen molar-refractivity contribution < 1.29 is 0 Å². The van der Waals surface area contributed by atoms with Crippen LogP contribution in [0.4, 0.5) is 0 Å². The number of rotatable bonds is 7. The minimum absolute atomic E-state index is 0.237. The fraction of sp³-hybridized carbons (Fsp3) is 0.867. The van der Waals surface area contributed by atoms with Crippen LogP contribution in [0.25, 0.3) is 0 Å². The van der Waals surface area contributed by atoms with E-state index in [1.165, 1.54) is 44.9 Å². The van der Waals surface area contributed by atoms with Crippen LogP contribution in [0.15, 0.2) is 0 Å². The Hall–Kier alpha value is -0.440. The average Bonchev–Trinajstić information content (AvgIpc) is 2.20. The second-order valence-electron chi connectivity index (χ2n) is 5.10. The molecule has 0 saturated carbocycles. The third-order valence-electron chi connectivity index (χ3n) is 2.74. The summed E-state index contributed by atoms with van der Waals surface area (Å²) < 4.78 is 0. The highest BCUT2D eigenvalue weighted by Gasteiger charge is 2.12. The molecular weight excluding hydrogens is 180 g/mol. The van der Waals surface area contributed by atoms with Crippen molar-refractivity contribution in [3.63, 3.8) is 0 Å². The van der Waals surface area contributed by atoms with Gasteiger partial charge in [0.15, 0.2) is 0 Å². The van der Waals surface area contributed by atoms with Gasteiger partial charge in [-0.15, -0.1) is 5.92 Å². The molecule has 0 amide bonds. The van der Waals surface area contributed by atoms with Gasteiger partial charge in [0.1, 0.15) is 0 Å². The topological polar surface area (TPSA) is 0 Å². The highest BCUT2D eigenvalue weighted by atomic mass is 14.2. The Morgan fingerprint density at radius 1 is 0.867 bits per heavy atom. The van der Waals surface area contributed by atoms with Crippen LogP contribution in [-0.2, 0) is 0 Å². The SMILES string of the molecule is CCCCCCC#CC(C)(C)CCCC. The molecule has 0 unspecified atom stereocenters. The Labute approximate surface area is 96.8 Å². The van der Waals surface area contributed by atoms with Crippen molar-refractivity contribution in [2.24, 2.45) is 5.41 Å². The third-order valence-corrected chi connectivity index (χ3v) is 2.74. The molecule has 0 spiro atoms. The van der Waals surface area contributed by atoms with E-state index >= 15 is 0 Å². The fourth-order valence-electron chi connectivity index (χ4n) is 1.62. The number of hydrogen-bond acceptors (Lipinski definition) is 0. The van der Waals surface area contributed by atoms with Crippen LogP contribution in [0.5, 0.6) is 0 Å². The van der Waals surface area contributed by atoms with Crippen molar-refractivity contribution in [1.82, 2.24) is 0 Å². The average molecular weight is 208 g/mol. The van der Waals surface area contributed by atoms with E-state index in [4.69, 9.17) is 0 Å².